The Morgan fingerprint density at radius 3 is 2.24 bits per heavy atom. The molecule has 0 spiro atoms. The van der Waals surface area contributed by atoms with Crippen LogP contribution in [0.4, 0.5) is 0 Å². The highest BCUT2D eigenvalue weighted by molar-refractivity contribution is 7.28. The van der Waals surface area contributed by atoms with Gasteiger partial charge in [0.05, 0.1) is 5.69 Å². The summed E-state index contributed by atoms with van der Waals surface area (Å²) in [6.07, 6.45) is 1.84. The molecular weight excluding hydrogens is 390 g/mol. The summed E-state index contributed by atoms with van der Waals surface area (Å²) in [5, 5.41) is 5.32. The molecule has 3 heterocycles. The van der Waals surface area contributed by atoms with Crippen molar-refractivity contribution in [2.24, 2.45) is 0 Å². The molecule has 0 saturated carbocycles. The number of fused-ring (bicyclic) bond motifs is 7. The molecule has 0 aliphatic rings. The van der Waals surface area contributed by atoms with Crippen molar-refractivity contribution in [3.63, 3.8) is 0 Å². The molecule has 3 heteroatoms. The van der Waals surface area contributed by atoms with Crippen molar-refractivity contribution >= 4 is 63.0 Å². The molecule has 6 rings (SSSR count). The van der Waals surface area contributed by atoms with Gasteiger partial charge in [0.1, 0.15) is 0 Å². The fourth-order valence-electron chi connectivity index (χ4n) is 4.18. The van der Waals surface area contributed by atoms with Crippen LogP contribution in [0.15, 0.2) is 72.9 Å². The van der Waals surface area contributed by atoms with Crippen LogP contribution in [-0.4, -0.2) is 4.98 Å². The summed E-state index contributed by atoms with van der Waals surface area (Å²) in [4.78, 5) is 4.73. The van der Waals surface area contributed by atoms with Gasteiger partial charge in [0.15, 0.2) is 0 Å². The first-order valence-corrected chi connectivity index (χ1v) is 11.4. The number of benzene rings is 3. The van der Waals surface area contributed by atoms with Gasteiger partial charge in [-0.15, -0.1) is 22.7 Å². The van der Waals surface area contributed by atoms with Crippen molar-refractivity contribution in [1.82, 2.24) is 4.98 Å². The third-order valence-corrected chi connectivity index (χ3v) is 7.92. The minimum Gasteiger partial charge on any atom is -0.256 e. The second kappa shape index (κ2) is 6.38. The third kappa shape index (κ3) is 2.54. The van der Waals surface area contributed by atoms with E-state index in [1.54, 1.807) is 0 Å². The molecule has 3 aromatic carbocycles. The van der Waals surface area contributed by atoms with E-state index in [9.17, 15) is 0 Å². The average Bonchev–Trinajstić information content (AvgIpc) is 3.30. The normalized spacial score (nSPS) is 13.0. The Morgan fingerprint density at radius 2 is 1.48 bits per heavy atom. The standard InChI is InChI=1S/C26H19NS2/c1-15(2)16-11-12-27-20(13-16)19-14-23-24(17-7-3-5-9-21(17)28-23)25-18-8-4-6-10-22(18)29-26(19)25/h3-15H,1-2H3/i15D. The van der Waals surface area contributed by atoms with E-state index < -0.39 is 5.89 Å². The maximum atomic E-state index is 8.46. The van der Waals surface area contributed by atoms with Gasteiger partial charge < -0.3 is 0 Å². The fraction of sp³-hybridized carbons (Fsp3) is 0.115. The van der Waals surface area contributed by atoms with Crippen molar-refractivity contribution in [3.05, 3.63) is 78.5 Å². The van der Waals surface area contributed by atoms with Gasteiger partial charge in [-0.05, 0) is 41.8 Å². The minimum absolute atomic E-state index is 0.654. The van der Waals surface area contributed by atoms with Crippen LogP contribution in [0.3, 0.4) is 0 Å². The zero-order chi connectivity index (χ0) is 20.5. The van der Waals surface area contributed by atoms with Gasteiger partial charge in [0.25, 0.3) is 0 Å². The van der Waals surface area contributed by atoms with E-state index in [-0.39, 0.29) is 0 Å². The van der Waals surface area contributed by atoms with Crippen molar-refractivity contribution < 1.29 is 1.37 Å². The van der Waals surface area contributed by atoms with E-state index in [2.05, 4.69) is 60.7 Å². The van der Waals surface area contributed by atoms with Crippen LogP contribution in [0, 0.1) is 0 Å². The third-order valence-electron chi connectivity index (χ3n) is 5.60. The zero-order valence-corrected chi connectivity index (χ0v) is 17.8. The lowest BCUT2D eigenvalue weighted by atomic mass is 9.98. The van der Waals surface area contributed by atoms with E-state index >= 15 is 0 Å². The molecule has 0 bridgehead atoms. The molecule has 1 nitrogen and oxygen atoms in total. The molecule has 140 valence electrons. The summed E-state index contributed by atoms with van der Waals surface area (Å²) >= 11 is 3.69. The Kier molecular flexibility index (Phi) is 3.54. The molecule has 0 atom stereocenters. The summed E-state index contributed by atoms with van der Waals surface area (Å²) in [6, 6.07) is 23.7. The smallest absolute Gasteiger partial charge is 0.0719 e. The largest absolute Gasteiger partial charge is 0.256 e. The molecule has 0 aliphatic carbocycles. The van der Waals surface area contributed by atoms with Crippen molar-refractivity contribution in [1.29, 1.82) is 0 Å². The molecule has 6 aromatic rings. The van der Waals surface area contributed by atoms with Crippen LogP contribution in [0.25, 0.3) is 51.6 Å². The second-order valence-corrected chi connectivity index (χ2v) is 9.76. The molecule has 0 saturated heterocycles. The van der Waals surface area contributed by atoms with Crippen LogP contribution < -0.4 is 0 Å². The first-order chi connectivity index (χ1) is 14.5. The Morgan fingerprint density at radius 1 is 0.793 bits per heavy atom. The SMILES string of the molecule is [2H]C(C)(C)c1ccnc(-c2cc3sc4ccccc4c3c3c2sc2ccccc23)c1. The number of aromatic nitrogens is 1. The van der Waals surface area contributed by atoms with Gasteiger partial charge in [-0.25, -0.2) is 0 Å². The lowest BCUT2D eigenvalue weighted by Gasteiger charge is -2.09. The number of thiophene rings is 2. The highest BCUT2D eigenvalue weighted by atomic mass is 32.1. The molecule has 0 aliphatic heterocycles. The number of hydrogen-bond donors (Lipinski definition) is 0. The minimum atomic E-state index is -0.654. The first kappa shape index (κ1) is 16.1. The summed E-state index contributed by atoms with van der Waals surface area (Å²) < 4.78 is 13.6. The molecule has 0 unspecified atom stereocenters. The molecule has 0 fully saturated rings. The Bertz CT molecular complexity index is 1580. The number of pyridine rings is 1. The zero-order valence-electron chi connectivity index (χ0n) is 17.2. The second-order valence-electron chi connectivity index (χ2n) is 7.63. The van der Waals surface area contributed by atoms with Gasteiger partial charge in [0.2, 0.25) is 0 Å². The Labute approximate surface area is 178 Å². The molecular formula is C26H19NS2. The van der Waals surface area contributed by atoms with E-state index in [4.69, 9.17) is 6.35 Å². The van der Waals surface area contributed by atoms with E-state index in [0.29, 0.717) is 0 Å². The van der Waals surface area contributed by atoms with Crippen molar-refractivity contribution in [2.75, 3.05) is 0 Å². The Balaban J connectivity index is 1.80. The monoisotopic (exact) mass is 410 g/mol. The molecule has 29 heavy (non-hydrogen) atoms. The topological polar surface area (TPSA) is 12.9 Å². The van der Waals surface area contributed by atoms with Gasteiger partial charge in [0, 0.05) is 53.5 Å². The lowest BCUT2D eigenvalue weighted by molar-refractivity contribution is 0.864. The summed E-state index contributed by atoms with van der Waals surface area (Å²) in [7, 11) is 0. The van der Waals surface area contributed by atoms with Crippen LogP contribution in [0.2, 0.25) is 0 Å². The number of hydrogen-bond acceptors (Lipinski definition) is 3. The van der Waals surface area contributed by atoms with Crippen LogP contribution >= 0.6 is 22.7 Å². The molecule has 0 N–H and O–H groups in total. The van der Waals surface area contributed by atoms with Crippen LogP contribution in [0.1, 0.15) is 26.7 Å². The van der Waals surface area contributed by atoms with E-state index in [1.165, 1.54) is 40.3 Å². The molecule has 3 aromatic heterocycles. The van der Waals surface area contributed by atoms with E-state index in [0.717, 1.165) is 16.8 Å². The number of nitrogens with zero attached hydrogens (tertiary/aromatic N) is 1. The van der Waals surface area contributed by atoms with Gasteiger partial charge >= 0.3 is 0 Å². The predicted octanol–water partition coefficient (Wildman–Crippen LogP) is 8.61. The van der Waals surface area contributed by atoms with Gasteiger partial charge in [-0.1, -0.05) is 50.2 Å². The lowest BCUT2D eigenvalue weighted by Crippen LogP contribution is -1.91. The van der Waals surface area contributed by atoms with Crippen LogP contribution in [-0.2, 0) is 0 Å². The summed E-state index contributed by atoms with van der Waals surface area (Å²) in [5.41, 5.74) is 3.10. The van der Waals surface area contributed by atoms with E-state index in [1.807, 2.05) is 48.8 Å². The highest BCUT2D eigenvalue weighted by Crippen LogP contribution is 2.48. The van der Waals surface area contributed by atoms with Gasteiger partial charge in [-0.3, -0.25) is 4.98 Å². The summed E-state index contributed by atoms with van der Waals surface area (Å²) in [5.74, 6) is -0.654. The first-order valence-electron chi connectivity index (χ1n) is 10.2. The number of rotatable bonds is 2. The van der Waals surface area contributed by atoms with Crippen molar-refractivity contribution in [2.45, 2.75) is 19.7 Å². The molecule has 0 amide bonds. The quantitative estimate of drug-likeness (QED) is 0.278. The van der Waals surface area contributed by atoms with Gasteiger partial charge in [-0.2, -0.15) is 0 Å². The predicted molar refractivity (Wildman–Crippen MR) is 130 cm³/mol. The van der Waals surface area contributed by atoms with Crippen LogP contribution in [0.5, 0.6) is 0 Å². The average molecular weight is 411 g/mol. The molecule has 0 radical (unpaired) electrons. The highest BCUT2D eigenvalue weighted by Gasteiger charge is 2.18. The maximum absolute atomic E-state index is 8.46. The summed E-state index contributed by atoms with van der Waals surface area (Å²) in [6.45, 7) is 3.85. The van der Waals surface area contributed by atoms with Crippen molar-refractivity contribution in [3.8, 4) is 11.3 Å². The Hall–Kier alpha value is -2.75. The fourth-order valence-corrected chi connectivity index (χ4v) is 6.57. The maximum Gasteiger partial charge on any atom is 0.0719 e.